The topological polar surface area (TPSA) is 12.9 Å². The molecule has 1 aromatic carbocycles. The number of hydrogen-bond acceptors (Lipinski definition) is 2. The first-order valence-electron chi connectivity index (χ1n) is 6.92. The first-order chi connectivity index (χ1) is 9.92. The molecule has 0 unspecified atom stereocenters. The molecule has 0 spiro atoms. The van der Waals surface area contributed by atoms with Crippen LogP contribution in [0.5, 0.6) is 0 Å². The van der Waals surface area contributed by atoms with Gasteiger partial charge in [-0.1, -0.05) is 36.4 Å². The average Bonchev–Trinajstić information content (AvgIpc) is 2.55. The fraction of sp³-hybridized carbons (Fsp3) is 0.167. The molecule has 100 valence electrons. The molecule has 1 aliphatic rings. The Morgan fingerprint density at radius 1 is 1.00 bits per heavy atom. The highest BCUT2D eigenvalue weighted by atomic mass is 32.2. The Hall–Kier alpha value is -1.80. The Morgan fingerprint density at radius 2 is 1.90 bits per heavy atom. The number of thioether (sulfide) groups is 1. The summed E-state index contributed by atoms with van der Waals surface area (Å²) in [6.07, 6.45) is 11.1. The minimum absolute atomic E-state index is 1.03. The summed E-state index contributed by atoms with van der Waals surface area (Å²) in [5.74, 6) is 1.05. The normalized spacial score (nSPS) is 14.1. The fourth-order valence-electron chi connectivity index (χ4n) is 2.20. The Bertz CT molecular complexity index is 612. The number of pyridine rings is 1. The summed E-state index contributed by atoms with van der Waals surface area (Å²) in [7, 11) is 0. The lowest BCUT2D eigenvalue weighted by Gasteiger charge is -2.07. The lowest BCUT2D eigenvalue weighted by Crippen LogP contribution is -1.88. The van der Waals surface area contributed by atoms with Crippen molar-refractivity contribution in [2.45, 2.75) is 17.7 Å². The Kier molecular flexibility index (Phi) is 4.34. The summed E-state index contributed by atoms with van der Waals surface area (Å²) in [4.78, 5) is 5.68. The van der Waals surface area contributed by atoms with Crippen molar-refractivity contribution < 1.29 is 0 Å². The molecule has 0 amide bonds. The van der Waals surface area contributed by atoms with Crippen molar-refractivity contribution in [3.63, 3.8) is 0 Å². The molecule has 3 rings (SSSR count). The van der Waals surface area contributed by atoms with E-state index >= 15 is 0 Å². The summed E-state index contributed by atoms with van der Waals surface area (Å²) >= 11 is 1.89. The van der Waals surface area contributed by atoms with E-state index in [0.29, 0.717) is 0 Å². The lowest BCUT2D eigenvalue weighted by atomic mass is 10.1. The first kappa shape index (κ1) is 13.2. The fourth-order valence-corrected chi connectivity index (χ4v) is 3.07. The van der Waals surface area contributed by atoms with Gasteiger partial charge < -0.3 is 0 Å². The average molecular weight is 279 g/mol. The van der Waals surface area contributed by atoms with Crippen LogP contribution in [0.3, 0.4) is 0 Å². The van der Waals surface area contributed by atoms with E-state index in [1.807, 2.05) is 36.2 Å². The Labute approximate surface area is 124 Å². The zero-order chi connectivity index (χ0) is 13.6. The van der Waals surface area contributed by atoms with Crippen LogP contribution in [0.15, 0.2) is 77.4 Å². The minimum Gasteiger partial charge on any atom is -0.256 e. The van der Waals surface area contributed by atoms with Gasteiger partial charge in [0.2, 0.25) is 0 Å². The van der Waals surface area contributed by atoms with Crippen LogP contribution in [-0.4, -0.2) is 10.7 Å². The van der Waals surface area contributed by atoms with Gasteiger partial charge in [0, 0.05) is 22.4 Å². The van der Waals surface area contributed by atoms with E-state index in [4.69, 9.17) is 0 Å². The summed E-state index contributed by atoms with van der Waals surface area (Å²) < 4.78 is 0. The van der Waals surface area contributed by atoms with E-state index in [9.17, 15) is 0 Å². The van der Waals surface area contributed by atoms with Crippen LogP contribution in [0.25, 0.3) is 11.3 Å². The van der Waals surface area contributed by atoms with E-state index in [1.165, 1.54) is 28.9 Å². The van der Waals surface area contributed by atoms with Crippen LogP contribution in [-0.2, 0) is 0 Å². The van der Waals surface area contributed by atoms with E-state index in [-0.39, 0.29) is 0 Å². The highest BCUT2D eigenvalue weighted by molar-refractivity contribution is 7.99. The monoisotopic (exact) mass is 279 g/mol. The Balaban J connectivity index is 1.64. The van der Waals surface area contributed by atoms with Crippen LogP contribution in [0.2, 0.25) is 0 Å². The van der Waals surface area contributed by atoms with Crippen LogP contribution >= 0.6 is 11.8 Å². The van der Waals surface area contributed by atoms with Crippen LogP contribution < -0.4 is 0 Å². The smallest absolute Gasteiger partial charge is 0.0701 e. The van der Waals surface area contributed by atoms with Crippen LogP contribution in [0.4, 0.5) is 0 Å². The van der Waals surface area contributed by atoms with Crippen molar-refractivity contribution in [3.05, 3.63) is 72.5 Å². The van der Waals surface area contributed by atoms with E-state index in [1.54, 1.807) is 0 Å². The van der Waals surface area contributed by atoms with Gasteiger partial charge in [-0.15, -0.1) is 11.8 Å². The zero-order valence-electron chi connectivity index (χ0n) is 11.3. The third-order valence-electron chi connectivity index (χ3n) is 3.29. The molecule has 0 bridgehead atoms. The van der Waals surface area contributed by atoms with Gasteiger partial charge in [0.15, 0.2) is 0 Å². The predicted octanol–water partition coefficient (Wildman–Crippen LogP) is 5.12. The van der Waals surface area contributed by atoms with Gasteiger partial charge in [0.1, 0.15) is 0 Å². The predicted molar refractivity (Wildman–Crippen MR) is 86.9 cm³/mol. The molecule has 20 heavy (non-hydrogen) atoms. The summed E-state index contributed by atoms with van der Waals surface area (Å²) in [5, 5.41) is 0. The highest BCUT2D eigenvalue weighted by Gasteiger charge is 2.01. The van der Waals surface area contributed by atoms with Crippen molar-refractivity contribution in [1.82, 2.24) is 4.98 Å². The summed E-state index contributed by atoms with van der Waals surface area (Å²) in [5.41, 5.74) is 3.64. The van der Waals surface area contributed by atoms with Gasteiger partial charge in [-0.3, -0.25) is 4.98 Å². The molecular formula is C18H17NS. The quantitative estimate of drug-likeness (QED) is 0.721. The molecule has 0 radical (unpaired) electrons. The molecule has 0 saturated carbocycles. The van der Waals surface area contributed by atoms with E-state index in [0.717, 1.165) is 11.4 Å². The third kappa shape index (κ3) is 3.40. The standard InChI is InChI=1S/C18H17NS/c1-2-6-15(7-3-1)14-20-17-11-9-16(10-12-17)18-8-4-5-13-19-18/h2,4-13H,1,3,14H2. The maximum atomic E-state index is 4.37. The van der Waals surface area contributed by atoms with E-state index < -0.39 is 0 Å². The molecule has 1 aliphatic carbocycles. The van der Waals surface area contributed by atoms with Gasteiger partial charge in [-0.2, -0.15) is 0 Å². The third-order valence-corrected chi connectivity index (χ3v) is 4.38. The SMILES string of the molecule is C1=CC(CSc2ccc(-c3ccccn3)cc2)=CCC1. The second kappa shape index (κ2) is 6.58. The maximum Gasteiger partial charge on any atom is 0.0701 e. The molecule has 1 aromatic heterocycles. The molecule has 0 saturated heterocycles. The van der Waals surface area contributed by atoms with Gasteiger partial charge >= 0.3 is 0 Å². The molecular weight excluding hydrogens is 262 g/mol. The molecule has 1 nitrogen and oxygen atoms in total. The van der Waals surface area contributed by atoms with Gasteiger partial charge in [-0.25, -0.2) is 0 Å². The molecule has 0 fully saturated rings. The number of hydrogen-bond donors (Lipinski definition) is 0. The number of benzene rings is 1. The molecule has 0 atom stereocenters. The van der Waals surface area contributed by atoms with Gasteiger partial charge in [-0.05, 0) is 42.7 Å². The second-order valence-corrected chi connectivity index (χ2v) is 5.84. The number of allylic oxidation sites excluding steroid dienone is 3. The van der Waals surface area contributed by atoms with Crippen LogP contribution in [0, 0.1) is 0 Å². The van der Waals surface area contributed by atoms with Gasteiger partial charge in [0.25, 0.3) is 0 Å². The van der Waals surface area contributed by atoms with E-state index in [2.05, 4.69) is 47.5 Å². The Morgan fingerprint density at radius 3 is 2.60 bits per heavy atom. The highest BCUT2D eigenvalue weighted by Crippen LogP contribution is 2.25. The minimum atomic E-state index is 1.03. The van der Waals surface area contributed by atoms with Gasteiger partial charge in [0.05, 0.1) is 5.69 Å². The van der Waals surface area contributed by atoms with Crippen molar-refractivity contribution in [2.75, 3.05) is 5.75 Å². The first-order valence-corrected chi connectivity index (χ1v) is 7.90. The van der Waals surface area contributed by atoms with Crippen molar-refractivity contribution >= 4 is 11.8 Å². The van der Waals surface area contributed by atoms with Crippen molar-refractivity contribution in [3.8, 4) is 11.3 Å². The number of rotatable bonds is 4. The van der Waals surface area contributed by atoms with Crippen LogP contribution in [0.1, 0.15) is 12.8 Å². The largest absolute Gasteiger partial charge is 0.256 e. The second-order valence-electron chi connectivity index (χ2n) is 4.79. The number of aromatic nitrogens is 1. The summed E-state index contributed by atoms with van der Waals surface area (Å²) in [6, 6.07) is 14.7. The molecule has 2 heteroatoms. The molecule has 0 aliphatic heterocycles. The number of nitrogens with zero attached hydrogens (tertiary/aromatic N) is 1. The molecule has 2 aromatic rings. The van der Waals surface area contributed by atoms with Crippen molar-refractivity contribution in [1.29, 1.82) is 0 Å². The maximum absolute atomic E-state index is 4.37. The molecule has 0 N–H and O–H groups in total. The van der Waals surface area contributed by atoms with Crippen molar-refractivity contribution in [2.24, 2.45) is 0 Å². The lowest BCUT2D eigenvalue weighted by molar-refractivity contribution is 1.02. The summed E-state index contributed by atoms with van der Waals surface area (Å²) in [6.45, 7) is 0. The molecule has 1 heterocycles. The zero-order valence-corrected chi connectivity index (χ0v) is 12.1.